The molecule has 0 unspecified atom stereocenters. The van der Waals surface area contributed by atoms with Crippen molar-refractivity contribution in [1.82, 2.24) is 0 Å². The van der Waals surface area contributed by atoms with Gasteiger partial charge in [0, 0.05) is 107 Å². The normalized spacial score (nSPS) is 11.7. The Labute approximate surface area is 774 Å². The van der Waals surface area contributed by atoms with Crippen molar-refractivity contribution in [3.63, 3.8) is 0 Å². The van der Waals surface area contributed by atoms with Crippen molar-refractivity contribution < 1.29 is 18.3 Å². The lowest BCUT2D eigenvalue weighted by Gasteiger charge is -2.30. The van der Waals surface area contributed by atoms with E-state index in [2.05, 4.69) is 397 Å². The van der Waals surface area contributed by atoms with Crippen molar-refractivity contribution in [2.24, 2.45) is 0 Å². The topological polar surface area (TPSA) is 44.6 Å². The van der Waals surface area contributed by atoms with Crippen LogP contribution in [0.5, 0.6) is 23.0 Å². The third-order valence-corrected chi connectivity index (χ3v) is 26.4. The molecule has 630 valence electrons. The first-order valence-corrected chi connectivity index (χ1v) is 45.4. The lowest BCUT2D eigenvalue weighted by Crippen LogP contribution is -2.14. The van der Waals surface area contributed by atoms with Crippen molar-refractivity contribution in [3.05, 3.63) is 497 Å². The predicted octanol–water partition coefficient (Wildman–Crippen LogP) is 36.4. The SMILES string of the molecule is Fc1cc(-c2ccccc2)cc(-c2ccccc2)c1N(c1ccccc1)c1ccc2c(c1)Oc1cccc3c1c-2cc1c2ccccc2c(-c2ccc(N(c4ccccc4)c4ccccc4)cc2)cc31.c1ccc(N(c2ccccc2)c2ccc(-c3cc4c5cccc6c5c(cc4c4ccccc34)-c3ccc(N(c4ccccc4)c4ccc5oc7ccccc7c5c4)cc3O6)cc2)cc1. The number of ether oxygens (including phenoxy) is 2. The zero-order chi connectivity index (χ0) is 88.7. The van der Waals surface area contributed by atoms with Gasteiger partial charge in [-0.25, -0.2) is 4.39 Å². The second-order valence-corrected chi connectivity index (χ2v) is 34.2. The highest BCUT2D eigenvalue weighted by Crippen LogP contribution is 2.57. The summed E-state index contributed by atoms with van der Waals surface area (Å²) in [5.41, 5.74) is 26.0. The molecule has 0 fully saturated rings. The fraction of sp³-hybridized carbons (Fsp3) is 0. The van der Waals surface area contributed by atoms with Crippen LogP contribution in [0.3, 0.4) is 0 Å². The molecule has 1 aromatic heterocycles. The molecule has 24 aromatic rings. The number of anilines is 12. The maximum absolute atomic E-state index is 17.3. The molecule has 0 saturated heterocycles. The predicted molar refractivity (Wildman–Crippen MR) is 557 cm³/mol. The van der Waals surface area contributed by atoms with Crippen LogP contribution >= 0.6 is 0 Å². The molecule has 0 saturated carbocycles. The lowest BCUT2D eigenvalue weighted by atomic mass is 9.86. The first-order valence-electron chi connectivity index (χ1n) is 45.4. The van der Waals surface area contributed by atoms with E-state index in [1.54, 1.807) is 6.07 Å². The van der Waals surface area contributed by atoms with Crippen molar-refractivity contribution in [3.8, 4) is 89.8 Å². The number of hydrogen-bond donors (Lipinski definition) is 0. The molecule has 0 amide bonds. The zero-order valence-electron chi connectivity index (χ0n) is 72.7. The van der Waals surface area contributed by atoms with Gasteiger partial charge in [0.05, 0.1) is 11.4 Å². The van der Waals surface area contributed by atoms with Crippen molar-refractivity contribution >= 4 is 155 Å². The molecular formula is C126H81FN4O3. The van der Waals surface area contributed by atoms with Crippen LogP contribution in [0, 0.1) is 5.82 Å². The Morgan fingerprint density at radius 1 is 0.157 bits per heavy atom. The Balaban J connectivity index is 0.000000144. The quantitative estimate of drug-likeness (QED) is 0.0893. The van der Waals surface area contributed by atoms with Crippen LogP contribution in [-0.4, -0.2) is 0 Å². The van der Waals surface area contributed by atoms with E-state index in [9.17, 15) is 0 Å². The van der Waals surface area contributed by atoms with Gasteiger partial charge in [0.25, 0.3) is 0 Å². The van der Waals surface area contributed by atoms with Crippen LogP contribution in [0.4, 0.5) is 72.6 Å². The summed E-state index contributed by atoms with van der Waals surface area (Å²) in [4.78, 5) is 8.92. The lowest BCUT2D eigenvalue weighted by molar-refractivity contribution is 0.487. The van der Waals surface area contributed by atoms with Crippen LogP contribution < -0.4 is 29.1 Å². The minimum absolute atomic E-state index is 0.326. The van der Waals surface area contributed by atoms with Gasteiger partial charge in [-0.3, -0.25) is 0 Å². The van der Waals surface area contributed by atoms with Crippen LogP contribution in [0.2, 0.25) is 0 Å². The van der Waals surface area contributed by atoms with Gasteiger partial charge < -0.3 is 33.5 Å². The Kier molecular flexibility index (Phi) is 19.3. The third-order valence-electron chi connectivity index (χ3n) is 26.4. The van der Waals surface area contributed by atoms with Gasteiger partial charge in [-0.2, -0.15) is 0 Å². The molecule has 23 aromatic carbocycles. The molecule has 8 heteroatoms. The monoisotopic (exact) mass is 1720 g/mol. The van der Waals surface area contributed by atoms with Crippen molar-refractivity contribution in [2.45, 2.75) is 0 Å². The number of furan rings is 1. The van der Waals surface area contributed by atoms with Gasteiger partial charge >= 0.3 is 0 Å². The first-order chi connectivity index (χ1) is 66.4. The Morgan fingerprint density at radius 3 is 0.918 bits per heavy atom. The van der Waals surface area contributed by atoms with Gasteiger partial charge in [-0.15, -0.1) is 0 Å². The van der Waals surface area contributed by atoms with E-state index in [0.29, 0.717) is 11.4 Å². The molecule has 2 aliphatic heterocycles. The number of hydrogen-bond acceptors (Lipinski definition) is 7. The van der Waals surface area contributed by atoms with E-state index < -0.39 is 0 Å². The number of halogens is 1. The molecule has 3 heterocycles. The highest BCUT2D eigenvalue weighted by Gasteiger charge is 2.31. The van der Waals surface area contributed by atoms with Crippen LogP contribution in [-0.2, 0) is 0 Å². The number of para-hydroxylation sites is 7. The molecule has 0 radical (unpaired) electrons. The maximum Gasteiger partial charge on any atom is 0.148 e. The van der Waals surface area contributed by atoms with E-state index in [1.165, 1.54) is 65.3 Å². The molecule has 0 N–H and O–H groups in total. The van der Waals surface area contributed by atoms with Crippen molar-refractivity contribution in [2.75, 3.05) is 19.6 Å². The molecular weight excluding hydrogens is 1640 g/mol. The largest absolute Gasteiger partial charge is 0.456 e. The number of nitrogens with zero attached hydrogens (tertiary/aromatic N) is 4. The average Bonchev–Trinajstić information content (AvgIpc) is 0.810. The molecule has 0 spiro atoms. The van der Waals surface area contributed by atoms with E-state index >= 15 is 4.39 Å². The Hall–Kier alpha value is -17.9. The standard InChI is InChI=1S/C66H43FN2O.C60H38N2O2/c67-62-40-47(44-19-6-1-7-20-44)39-58(45-21-8-2-9-22-45)66(62)69(50-27-14-5-15-28-50)52-37-38-55-61-43-59-54-30-17-16-29-53(54)57(42-60(59)56-31-18-32-63(65(56)61)70-64(55)41-52)46-33-35-51(36-34-46)68(48-23-10-3-11-24-48)49-25-12-4-13-26-49;1-4-15-40(16-5-1)61(41-17-6-2-7-18-41)43-29-27-39(28-30-43)51-37-53-50-24-14-26-58-60(50)55(38-52(53)47-22-11-10-21-46(47)51)49-33-31-45(36-59(49)64-58)62(42-19-8-3-9-20-42)44-32-34-57-54(35-44)48-23-12-13-25-56(48)63-57/h1-43H;1-38H. The van der Waals surface area contributed by atoms with Gasteiger partial charge in [-0.05, 0) is 298 Å². The smallest absolute Gasteiger partial charge is 0.148 e. The van der Waals surface area contributed by atoms with E-state index in [1.807, 2.05) is 108 Å². The Bertz CT molecular complexity index is 8590. The summed E-state index contributed by atoms with van der Waals surface area (Å²) in [5, 5.41) is 16.3. The summed E-state index contributed by atoms with van der Waals surface area (Å²) in [6.07, 6.45) is 0. The fourth-order valence-corrected chi connectivity index (χ4v) is 20.4. The molecule has 26 rings (SSSR count). The summed E-state index contributed by atoms with van der Waals surface area (Å²) in [6.45, 7) is 0. The van der Waals surface area contributed by atoms with Crippen LogP contribution in [0.15, 0.2) is 496 Å². The number of fused-ring (bicyclic) bond motifs is 15. The van der Waals surface area contributed by atoms with Gasteiger partial charge in [0.1, 0.15) is 40.0 Å². The summed E-state index contributed by atoms with van der Waals surface area (Å²) in [5.74, 6) is 2.86. The van der Waals surface area contributed by atoms with E-state index in [0.717, 1.165) is 168 Å². The van der Waals surface area contributed by atoms with Gasteiger partial charge in [0.2, 0.25) is 0 Å². The average molecular weight is 1720 g/mol. The molecule has 2 aliphatic rings. The Morgan fingerprint density at radius 2 is 0.470 bits per heavy atom. The number of rotatable bonds is 16. The number of benzene rings is 23. The van der Waals surface area contributed by atoms with Crippen LogP contribution in [0.1, 0.15) is 0 Å². The minimum atomic E-state index is -0.326. The third kappa shape index (κ3) is 13.7. The van der Waals surface area contributed by atoms with E-state index in [4.69, 9.17) is 13.9 Å². The minimum Gasteiger partial charge on any atom is -0.456 e. The molecule has 7 nitrogen and oxygen atoms in total. The summed E-state index contributed by atoms with van der Waals surface area (Å²) < 4.78 is 37.4. The molecule has 134 heavy (non-hydrogen) atoms. The molecule has 0 bridgehead atoms. The van der Waals surface area contributed by atoms with E-state index in [-0.39, 0.29) is 5.82 Å². The highest BCUT2D eigenvalue weighted by molar-refractivity contribution is 6.27. The van der Waals surface area contributed by atoms with Crippen LogP contribution in [0.25, 0.3) is 153 Å². The summed E-state index contributed by atoms with van der Waals surface area (Å²) >= 11 is 0. The highest BCUT2D eigenvalue weighted by atomic mass is 19.1. The fourth-order valence-electron chi connectivity index (χ4n) is 20.4. The van der Waals surface area contributed by atoms with Gasteiger partial charge in [0.15, 0.2) is 0 Å². The molecule has 0 atom stereocenters. The van der Waals surface area contributed by atoms with Crippen molar-refractivity contribution in [1.29, 1.82) is 0 Å². The van der Waals surface area contributed by atoms with Gasteiger partial charge in [-0.1, -0.05) is 285 Å². The maximum atomic E-state index is 17.3. The molecule has 0 aliphatic carbocycles. The first kappa shape index (κ1) is 78.4. The summed E-state index contributed by atoms with van der Waals surface area (Å²) in [6, 6.07) is 172. The zero-order valence-corrected chi connectivity index (χ0v) is 72.7. The second-order valence-electron chi connectivity index (χ2n) is 34.2. The summed E-state index contributed by atoms with van der Waals surface area (Å²) in [7, 11) is 0. The second kappa shape index (κ2) is 33.0.